The number of nitrogens with zero attached hydrogens (tertiary/aromatic N) is 3. The lowest BCUT2D eigenvalue weighted by molar-refractivity contribution is 0.0623. The predicted molar refractivity (Wildman–Crippen MR) is 118 cm³/mol. The number of aromatic nitrogens is 1. The second-order valence-corrected chi connectivity index (χ2v) is 8.04. The fourth-order valence-corrected chi connectivity index (χ4v) is 4.30. The van der Waals surface area contributed by atoms with Crippen molar-refractivity contribution >= 4 is 17.2 Å². The first-order valence-electron chi connectivity index (χ1n) is 9.91. The molecule has 0 unspecified atom stereocenters. The number of carbonyl (C=O) groups is 1. The van der Waals surface area contributed by atoms with Gasteiger partial charge in [0.15, 0.2) is 0 Å². The molecular weight excluding hydrogens is 398 g/mol. The molecule has 0 saturated carbocycles. The van der Waals surface area contributed by atoms with E-state index in [4.69, 9.17) is 9.47 Å². The van der Waals surface area contributed by atoms with Crippen LogP contribution in [0.1, 0.15) is 16.1 Å². The SMILES string of the molecule is COc1ccc(CN2CCN(C(=O)c3csc(-c4ccc(OC)cc4)n3)CC2)cc1. The van der Waals surface area contributed by atoms with E-state index < -0.39 is 0 Å². The highest BCUT2D eigenvalue weighted by Gasteiger charge is 2.24. The van der Waals surface area contributed by atoms with E-state index in [1.54, 1.807) is 14.2 Å². The minimum absolute atomic E-state index is 0.00936. The maximum atomic E-state index is 12.9. The van der Waals surface area contributed by atoms with Crippen molar-refractivity contribution in [2.75, 3.05) is 40.4 Å². The van der Waals surface area contributed by atoms with Crippen LogP contribution in [0, 0.1) is 0 Å². The molecule has 0 atom stereocenters. The first-order valence-corrected chi connectivity index (χ1v) is 10.8. The van der Waals surface area contributed by atoms with Crippen LogP contribution in [0.4, 0.5) is 0 Å². The van der Waals surface area contributed by atoms with Crippen molar-refractivity contribution < 1.29 is 14.3 Å². The highest BCUT2D eigenvalue weighted by atomic mass is 32.1. The number of amides is 1. The molecule has 2 heterocycles. The largest absolute Gasteiger partial charge is 0.497 e. The first-order chi connectivity index (χ1) is 14.7. The van der Waals surface area contributed by atoms with Gasteiger partial charge in [-0.05, 0) is 42.0 Å². The summed E-state index contributed by atoms with van der Waals surface area (Å²) in [7, 11) is 3.32. The van der Waals surface area contributed by atoms with E-state index in [-0.39, 0.29) is 5.91 Å². The molecule has 1 aliphatic rings. The number of rotatable bonds is 6. The minimum atomic E-state index is 0.00936. The average molecular weight is 424 g/mol. The lowest BCUT2D eigenvalue weighted by Crippen LogP contribution is -2.48. The molecule has 1 amide bonds. The summed E-state index contributed by atoms with van der Waals surface area (Å²) in [5, 5.41) is 2.70. The molecule has 2 aromatic carbocycles. The van der Waals surface area contributed by atoms with Crippen LogP contribution < -0.4 is 9.47 Å². The third-order valence-corrected chi connectivity index (χ3v) is 6.18. The summed E-state index contributed by atoms with van der Waals surface area (Å²) in [4.78, 5) is 21.7. The van der Waals surface area contributed by atoms with Crippen LogP contribution >= 0.6 is 11.3 Å². The fourth-order valence-electron chi connectivity index (χ4n) is 3.50. The van der Waals surface area contributed by atoms with E-state index in [1.165, 1.54) is 16.9 Å². The fraction of sp³-hybridized carbons (Fsp3) is 0.304. The van der Waals surface area contributed by atoms with Crippen molar-refractivity contribution in [1.82, 2.24) is 14.8 Å². The van der Waals surface area contributed by atoms with E-state index in [9.17, 15) is 4.79 Å². The summed E-state index contributed by atoms with van der Waals surface area (Å²) in [6.45, 7) is 4.01. The van der Waals surface area contributed by atoms with Crippen LogP contribution in [-0.4, -0.2) is 61.1 Å². The zero-order valence-electron chi connectivity index (χ0n) is 17.2. The first kappa shape index (κ1) is 20.4. The zero-order chi connectivity index (χ0) is 20.9. The molecule has 0 spiro atoms. The molecule has 3 aromatic rings. The molecule has 1 aromatic heterocycles. The molecule has 6 nitrogen and oxygen atoms in total. The molecule has 0 aliphatic carbocycles. The lowest BCUT2D eigenvalue weighted by atomic mass is 10.2. The quantitative estimate of drug-likeness (QED) is 0.604. The van der Waals surface area contributed by atoms with Gasteiger partial charge in [0.2, 0.25) is 0 Å². The molecule has 1 fully saturated rings. The lowest BCUT2D eigenvalue weighted by Gasteiger charge is -2.34. The van der Waals surface area contributed by atoms with Crippen LogP contribution in [0.2, 0.25) is 0 Å². The van der Waals surface area contributed by atoms with Crippen LogP contribution in [0.15, 0.2) is 53.9 Å². The second-order valence-electron chi connectivity index (χ2n) is 7.18. The summed E-state index contributed by atoms with van der Waals surface area (Å²) >= 11 is 1.49. The maximum absolute atomic E-state index is 12.9. The standard InChI is InChI=1S/C23H25N3O3S/c1-28-19-7-3-17(4-8-19)15-25-11-13-26(14-12-25)23(27)21-16-30-22(24-21)18-5-9-20(29-2)10-6-18/h3-10,16H,11-15H2,1-2H3. The molecule has 0 bridgehead atoms. The number of methoxy groups -OCH3 is 2. The van der Waals surface area contributed by atoms with E-state index in [0.29, 0.717) is 18.8 Å². The summed E-state index contributed by atoms with van der Waals surface area (Å²) in [6.07, 6.45) is 0. The van der Waals surface area contributed by atoms with Gasteiger partial charge in [-0.3, -0.25) is 9.69 Å². The van der Waals surface area contributed by atoms with Gasteiger partial charge in [0.25, 0.3) is 5.91 Å². The van der Waals surface area contributed by atoms with Gasteiger partial charge >= 0.3 is 0 Å². The number of benzene rings is 2. The summed E-state index contributed by atoms with van der Waals surface area (Å²) in [5.41, 5.74) is 2.76. The van der Waals surface area contributed by atoms with Gasteiger partial charge in [-0.15, -0.1) is 11.3 Å². The van der Waals surface area contributed by atoms with Gasteiger partial charge in [-0.2, -0.15) is 0 Å². The molecule has 7 heteroatoms. The number of carbonyl (C=O) groups excluding carboxylic acids is 1. The van der Waals surface area contributed by atoms with Gasteiger partial charge in [0, 0.05) is 43.7 Å². The molecule has 156 valence electrons. The maximum Gasteiger partial charge on any atom is 0.273 e. The molecule has 30 heavy (non-hydrogen) atoms. The summed E-state index contributed by atoms with van der Waals surface area (Å²) in [6, 6.07) is 15.9. The predicted octanol–water partition coefficient (Wildman–Crippen LogP) is 3.79. The molecule has 0 radical (unpaired) electrons. The summed E-state index contributed by atoms with van der Waals surface area (Å²) in [5.74, 6) is 1.68. The van der Waals surface area contributed by atoms with Gasteiger partial charge in [0.05, 0.1) is 14.2 Å². The zero-order valence-corrected chi connectivity index (χ0v) is 18.0. The number of hydrogen-bond acceptors (Lipinski definition) is 6. The van der Waals surface area contributed by atoms with Crippen molar-refractivity contribution in [3.63, 3.8) is 0 Å². The highest BCUT2D eigenvalue weighted by molar-refractivity contribution is 7.13. The van der Waals surface area contributed by atoms with Crippen molar-refractivity contribution in [2.24, 2.45) is 0 Å². The smallest absolute Gasteiger partial charge is 0.273 e. The van der Waals surface area contributed by atoms with Gasteiger partial charge in [-0.25, -0.2) is 4.98 Å². The molecule has 1 saturated heterocycles. The minimum Gasteiger partial charge on any atom is -0.497 e. The van der Waals surface area contributed by atoms with E-state index >= 15 is 0 Å². The third kappa shape index (κ3) is 4.63. The number of hydrogen-bond donors (Lipinski definition) is 0. The number of piperazine rings is 1. The van der Waals surface area contributed by atoms with Crippen molar-refractivity contribution in [2.45, 2.75) is 6.54 Å². The Hall–Kier alpha value is -2.90. The number of thiazole rings is 1. The van der Waals surface area contributed by atoms with Gasteiger partial charge < -0.3 is 14.4 Å². The monoisotopic (exact) mass is 423 g/mol. The molecule has 1 aliphatic heterocycles. The normalized spacial score (nSPS) is 14.5. The Kier molecular flexibility index (Phi) is 6.30. The third-order valence-electron chi connectivity index (χ3n) is 5.29. The Morgan fingerprint density at radius 1 is 0.933 bits per heavy atom. The summed E-state index contributed by atoms with van der Waals surface area (Å²) < 4.78 is 10.4. The Morgan fingerprint density at radius 2 is 1.53 bits per heavy atom. The van der Waals surface area contributed by atoms with Gasteiger partial charge in [0.1, 0.15) is 22.2 Å². The Labute approximate surface area is 180 Å². The number of ether oxygens (including phenoxy) is 2. The average Bonchev–Trinajstić information content (AvgIpc) is 3.30. The van der Waals surface area contributed by atoms with Crippen LogP contribution in [0.25, 0.3) is 10.6 Å². The van der Waals surface area contributed by atoms with Crippen molar-refractivity contribution in [3.8, 4) is 22.1 Å². The molecule has 4 rings (SSSR count). The van der Waals surface area contributed by atoms with E-state index in [0.717, 1.165) is 41.7 Å². The van der Waals surface area contributed by atoms with Crippen molar-refractivity contribution in [1.29, 1.82) is 0 Å². The highest BCUT2D eigenvalue weighted by Crippen LogP contribution is 2.26. The topological polar surface area (TPSA) is 54.9 Å². The Balaban J connectivity index is 1.33. The molecule has 0 N–H and O–H groups in total. The Bertz CT molecular complexity index is 978. The molecular formula is C23H25N3O3S. The second kappa shape index (κ2) is 9.28. The van der Waals surface area contributed by atoms with E-state index in [2.05, 4.69) is 22.0 Å². The van der Waals surface area contributed by atoms with Crippen LogP contribution in [0.5, 0.6) is 11.5 Å². The van der Waals surface area contributed by atoms with Crippen LogP contribution in [-0.2, 0) is 6.54 Å². The van der Waals surface area contributed by atoms with Gasteiger partial charge in [-0.1, -0.05) is 12.1 Å². The van der Waals surface area contributed by atoms with E-state index in [1.807, 2.05) is 46.7 Å². The Morgan fingerprint density at radius 3 is 2.13 bits per heavy atom. The van der Waals surface area contributed by atoms with Crippen molar-refractivity contribution in [3.05, 3.63) is 65.2 Å². The van der Waals surface area contributed by atoms with Crippen LogP contribution in [0.3, 0.4) is 0 Å².